The lowest BCUT2D eigenvalue weighted by molar-refractivity contribution is 0.217. The molecule has 3 rings (SSSR count). The number of aliphatic hydroxyl groups is 1. The van der Waals surface area contributed by atoms with E-state index >= 15 is 0 Å². The maximum absolute atomic E-state index is 9.29. The van der Waals surface area contributed by atoms with Crippen LogP contribution in [-0.4, -0.2) is 56.5 Å². The highest BCUT2D eigenvalue weighted by Gasteiger charge is 2.18. The fraction of sp³-hybridized carbons (Fsp3) is 0.318. The zero-order chi connectivity index (χ0) is 20.1. The Morgan fingerprint density at radius 3 is 2.29 bits per heavy atom. The van der Waals surface area contributed by atoms with Crippen LogP contribution in [0.3, 0.4) is 0 Å². The zero-order valence-corrected chi connectivity index (χ0v) is 16.7. The van der Waals surface area contributed by atoms with Gasteiger partial charge in [0.05, 0.1) is 33.6 Å². The minimum absolute atomic E-state index is 0.0959. The normalized spacial score (nSPS) is 11.1. The Morgan fingerprint density at radius 2 is 1.61 bits per heavy atom. The Bertz CT molecular complexity index is 959. The van der Waals surface area contributed by atoms with Crippen molar-refractivity contribution in [2.45, 2.75) is 6.54 Å². The van der Waals surface area contributed by atoms with Crippen LogP contribution in [0.5, 0.6) is 17.2 Å². The molecular formula is C22H26N2O4. The van der Waals surface area contributed by atoms with Crippen molar-refractivity contribution >= 4 is 10.9 Å². The summed E-state index contributed by atoms with van der Waals surface area (Å²) in [4.78, 5) is 7.02. The Balaban J connectivity index is 2.29. The first-order valence-electron chi connectivity index (χ1n) is 9.10. The fourth-order valence-corrected chi connectivity index (χ4v) is 3.33. The highest BCUT2D eigenvalue weighted by atomic mass is 16.5. The van der Waals surface area contributed by atoms with Crippen LogP contribution >= 0.6 is 0 Å². The third-order valence-corrected chi connectivity index (χ3v) is 4.71. The Morgan fingerprint density at radius 1 is 0.929 bits per heavy atom. The van der Waals surface area contributed by atoms with Crippen molar-refractivity contribution in [3.05, 3.63) is 48.0 Å². The topological polar surface area (TPSA) is 64.0 Å². The van der Waals surface area contributed by atoms with Crippen molar-refractivity contribution in [2.24, 2.45) is 0 Å². The van der Waals surface area contributed by atoms with Gasteiger partial charge in [-0.15, -0.1) is 0 Å². The molecule has 0 saturated carbocycles. The number of aromatic nitrogens is 1. The lowest BCUT2D eigenvalue weighted by Crippen LogP contribution is -2.22. The zero-order valence-electron chi connectivity index (χ0n) is 16.7. The second-order valence-corrected chi connectivity index (χ2v) is 6.52. The van der Waals surface area contributed by atoms with E-state index in [0.29, 0.717) is 18.8 Å². The molecule has 148 valence electrons. The highest BCUT2D eigenvalue weighted by molar-refractivity contribution is 5.93. The van der Waals surface area contributed by atoms with Crippen molar-refractivity contribution in [3.8, 4) is 28.5 Å². The van der Waals surface area contributed by atoms with Crippen LogP contribution in [0.2, 0.25) is 0 Å². The minimum Gasteiger partial charge on any atom is -0.496 e. The third kappa shape index (κ3) is 3.88. The summed E-state index contributed by atoms with van der Waals surface area (Å²) in [5.74, 6) is 2.17. The van der Waals surface area contributed by atoms with E-state index < -0.39 is 0 Å². The molecule has 0 aliphatic heterocycles. The molecule has 28 heavy (non-hydrogen) atoms. The number of rotatable bonds is 8. The van der Waals surface area contributed by atoms with E-state index in [1.54, 1.807) is 21.3 Å². The molecule has 0 amide bonds. The first kappa shape index (κ1) is 19.9. The lowest BCUT2D eigenvalue weighted by Gasteiger charge is -2.20. The molecule has 6 nitrogen and oxygen atoms in total. The summed E-state index contributed by atoms with van der Waals surface area (Å²) in [6, 6.07) is 13.6. The summed E-state index contributed by atoms with van der Waals surface area (Å²) >= 11 is 0. The monoisotopic (exact) mass is 382 g/mol. The van der Waals surface area contributed by atoms with Gasteiger partial charge < -0.3 is 19.3 Å². The van der Waals surface area contributed by atoms with Gasteiger partial charge in [0.2, 0.25) is 0 Å². The summed E-state index contributed by atoms with van der Waals surface area (Å²) < 4.78 is 16.7. The largest absolute Gasteiger partial charge is 0.496 e. The van der Waals surface area contributed by atoms with E-state index in [1.165, 1.54) is 0 Å². The number of methoxy groups -OCH3 is 3. The van der Waals surface area contributed by atoms with Gasteiger partial charge in [0.25, 0.3) is 0 Å². The number of pyridine rings is 1. The maximum Gasteiger partial charge on any atom is 0.145 e. The summed E-state index contributed by atoms with van der Waals surface area (Å²) in [5.41, 5.74) is 3.47. The molecule has 1 aromatic heterocycles. The number of fused-ring (bicyclic) bond motifs is 1. The lowest BCUT2D eigenvalue weighted by atomic mass is 10.0. The van der Waals surface area contributed by atoms with Crippen molar-refractivity contribution in [1.82, 2.24) is 9.88 Å². The van der Waals surface area contributed by atoms with E-state index in [0.717, 1.165) is 39.2 Å². The molecule has 0 spiro atoms. The van der Waals surface area contributed by atoms with Gasteiger partial charge in [0, 0.05) is 24.0 Å². The van der Waals surface area contributed by atoms with E-state index in [2.05, 4.69) is 11.0 Å². The molecule has 0 saturated heterocycles. The standard InChI is InChI=1S/C22H26N2O4/c1-24(11-12-25)14-15-13-17-19(27-3)9-10-20(28-4)22(17)23-21(15)16-7-5-6-8-18(16)26-2/h5-10,13,25H,11-12,14H2,1-4H3. The Labute approximate surface area is 165 Å². The van der Waals surface area contributed by atoms with E-state index in [-0.39, 0.29) is 6.61 Å². The smallest absolute Gasteiger partial charge is 0.145 e. The Hall–Kier alpha value is -2.83. The van der Waals surface area contributed by atoms with Crippen LogP contribution in [0.4, 0.5) is 0 Å². The molecule has 0 fully saturated rings. The van der Waals surface area contributed by atoms with Crippen LogP contribution in [0.15, 0.2) is 42.5 Å². The summed E-state index contributed by atoms with van der Waals surface area (Å²) in [7, 11) is 6.90. The van der Waals surface area contributed by atoms with Crippen molar-refractivity contribution in [3.63, 3.8) is 0 Å². The molecule has 0 atom stereocenters. The van der Waals surface area contributed by atoms with Crippen molar-refractivity contribution in [2.75, 3.05) is 41.5 Å². The molecule has 0 aliphatic carbocycles. The van der Waals surface area contributed by atoms with Gasteiger partial charge in [-0.3, -0.25) is 4.90 Å². The van der Waals surface area contributed by atoms with Crippen LogP contribution in [-0.2, 0) is 6.54 Å². The van der Waals surface area contributed by atoms with Crippen LogP contribution < -0.4 is 14.2 Å². The molecule has 0 bridgehead atoms. The molecule has 2 aromatic carbocycles. The van der Waals surface area contributed by atoms with Gasteiger partial charge in [0.15, 0.2) is 0 Å². The fourth-order valence-electron chi connectivity index (χ4n) is 3.33. The number of likely N-dealkylation sites (N-methyl/N-ethyl adjacent to an activating group) is 1. The first-order valence-corrected chi connectivity index (χ1v) is 9.10. The van der Waals surface area contributed by atoms with Crippen LogP contribution in [0.1, 0.15) is 5.56 Å². The van der Waals surface area contributed by atoms with Crippen molar-refractivity contribution in [1.29, 1.82) is 0 Å². The van der Waals surface area contributed by atoms with Gasteiger partial charge in [-0.05, 0) is 42.9 Å². The SMILES string of the molecule is COc1ccccc1-c1nc2c(OC)ccc(OC)c2cc1CN(C)CCO. The average Bonchev–Trinajstić information content (AvgIpc) is 2.72. The Kier molecular flexibility index (Phi) is 6.34. The number of nitrogens with zero attached hydrogens (tertiary/aromatic N) is 2. The second kappa shape index (κ2) is 8.91. The number of ether oxygens (including phenoxy) is 3. The van der Waals surface area contributed by atoms with Gasteiger partial charge in [0.1, 0.15) is 22.8 Å². The van der Waals surface area contributed by atoms with E-state index in [9.17, 15) is 5.11 Å². The van der Waals surface area contributed by atoms with Gasteiger partial charge in [-0.2, -0.15) is 0 Å². The number of benzene rings is 2. The number of hydrogen-bond acceptors (Lipinski definition) is 6. The number of hydrogen-bond donors (Lipinski definition) is 1. The summed E-state index contributed by atoms with van der Waals surface area (Å²) in [6.45, 7) is 1.29. The van der Waals surface area contributed by atoms with E-state index in [1.807, 2.05) is 43.4 Å². The summed E-state index contributed by atoms with van der Waals surface area (Å²) in [5, 5.41) is 10.2. The second-order valence-electron chi connectivity index (χ2n) is 6.52. The van der Waals surface area contributed by atoms with E-state index in [4.69, 9.17) is 19.2 Å². The molecule has 1 N–H and O–H groups in total. The molecule has 3 aromatic rings. The molecule has 1 heterocycles. The molecular weight excluding hydrogens is 356 g/mol. The first-order chi connectivity index (χ1) is 13.6. The maximum atomic E-state index is 9.29. The average molecular weight is 382 g/mol. The summed E-state index contributed by atoms with van der Waals surface area (Å²) in [6.07, 6.45) is 0. The number of aliphatic hydroxyl groups excluding tert-OH is 1. The van der Waals surface area contributed by atoms with Crippen molar-refractivity contribution < 1.29 is 19.3 Å². The molecule has 0 aliphatic rings. The highest BCUT2D eigenvalue weighted by Crippen LogP contribution is 2.38. The molecule has 6 heteroatoms. The minimum atomic E-state index is 0.0959. The van der Waals surface area contributed by atoms with Gasteiger partial charge >= 0.3 is 0 Å². The predicted octanol–water partition coefficient (Wildman–Crippen LogP) is 3.35. The predicted molar refractivity (Wildman–Crippen MR) is 110 cm³/mol. The van der Waals surface area contributed by atoms with Gasteiger partial charge in [-0.1, -0.05) is 12.1 Å². The van der Waals surface area contributed by atoms with Crippen LogP contribution in [0, 0.1) is 0 Å². The van der Waals surface area contributed by atoms with Crippen LogP contribution in [0.25, 0.3) is 22.2 Å². The number of para-hydroxylation sites is 1. The third-order valence-electron chi connectivity index (χ3n) is 4.71. The quantitative estimate of drug-likeness (QED) is 0.645. The van der Waals surface area contributed by atoms with Gasteiger partial charge in [-0.25, -0.2) is 4.98 Å². The molecule has 0 unspecified atom stereocenters. The molecule has 0 radical (unpaired) electrons.